The van der Waals surface area contributed by atoms with Gasteiger partial charge in [0.1, 0.15) is 5.82 Å². The Bertz CT molecular complexity index is 579. The van der Waals surface area contributed by atoms with E-state index in [1.807, 2.05) is 36.4 Å². The van der Waals surface area contributed by atoms with Crippen molar-refractivity contribution in [2.75, 3.05) is 16.0 Å². The van der Waals surface area contributed by atoms with E-state index in [4.69, 9.17) is 0 Å². The topological polar surface area (TPSA) is 66.1 Å². The number of carbonyl (C=O) groups is 1. The summed E-state index contributed by atoms with van der Waals surface area (Å²) in [4.78, 5) is 16.0. The Kier molecular flexibility index (Phi) is 3.50. The second kappa shape index (κ2) is 5.61. The zero-order chi connectivity index (χ0) is 13.8. The molecule has 2 amide bonds. The van der Waals surface area contributed by atoms with Crippen molar-refractivity contribution in [2.45, 2.75) is 18.9 Å². The van der Waals surface area contributed by atoms with Gasteiger partial charge in [0.25, 0.3) is 0 Å². The van der Waals surface area contributed by atoms with Crippen LogP contribution in [0.25, 0.3) is 0 Å². The highest BCUT2D eigenvalue weighted by Crippen LogP contribution is 2.24. The molecular formula is C15H16N4O. The molecular weight excluding hydrogens is 252 g/mol. The predicted molar refractivity (Wildman–Crippen MR) is 80.0 cm³/mol. The Morgan fingerprint density at radius 2 is 1.80 bits per heavy atom. The SMILES string of the molecule is O=C(Nc1ccccc1)Nc1ccc(NC2CC2)cn1. The van der Waals surface area contributed by atoms with Crippen LogP contribution in [0.4, 0.5) is 22.0 Å². The largest absolute Gasteiger partial charge is 0.381 e. The maximum Gasteiger partial charge on any atom is 0.324 e. The number of hydrogen-bond acceptors (Lipinski definition) is 3. The summed E-state index contributed by atoms with van der Waals surface area (Å²) in [5.41, 5.74) is 1.73. The van der Waals surface area contributed by atoms with Gasteiger partial charge >= 0.3 is 6.03 Å². The Labute approximate surface area is 117 Å². The van der Waals surface area contributed by atoms with Gasteiger partial charge in [-0.15, -0.1) is 0 Å². The number of benzene rings is 1. The Hall–Kier alpha value is -2.56. The Morgan fingerprint density at radius 1 is 1.00 bits per heavy atom. The lowest BCUT2D eigenvalue weighted by molar-refractivity contribution is 0.262. The van der Waals surface area contributed by atoms with Crippen molar-refractivity contribution in [3.05, 3.63) is 48.7 Å². The number of aromatic nitrogens is 1. The molecule has 5 nitrogen and oxygen atoms in total. The van der Waals surface area contributed by atoms with E-state index in [-0.39, 0.29) is 6.03 Å². The molecule has 1 saturated carbocycles. The van der Waals surface area contributed by atoms with Crippen molar-refractivity contribution in [2.24, 2.45) is 0 Å². The summed E-state index contributed by atoms with van der Waals surface area (Å²) in [6.45, 7) is 0. The van der Waals surface area contributed by atoms with Crippen molar-refractivity contribution in [1.29, 1.82) is 0 Å². The molecule has 1 fully saturated rings. The first kappa shape index (κ1) is 12.5. The first-order valence-electron chi connectivity index (χ1n) is 6.65. The molecule has 20 heavy (non-hydrogen) atoms. The van der Waals surface area contributed by atoms with Crippen LogP contribution in [-0.2, 0) is 0 Å². The molecule has 102 valence electrons. The maximum absolute atomic E-state index is 11.8. The van der Waals surface area contributed by atoms with Gasteiger partial charge in [0.05, 0.1) is 11.9 Å². The summed E-state index contributed by atoms with van der Waals surface area (Å²) < 4.78 is 0. The zero-order valence-electron chi connectivity index (χ0n) is 11.0. The molecule has 0 atom stereocenters. The van der Waals surface area contributed by atoms with Crippen molar-refractivity contribution in [3.63, 3.8) is 0 Å². The normalized spacial score (nSPS) is 13.6. The van der Waals surface area contributed by atoms with Crippen LogP contribution in [0.2, 0.25) is 0 Å². The van der Waals surface area contributed by atoms with Gasteiger partial charge in [0.2, 0.25) is 0 Å². The molecule has 1 aliphatic rings. The number of anilines is 3. The van der Waals surface area contributed by atoms with E-state index in [2.05, 4.69) is 20.9 Å². The van der Waals surface area contributed by atoms with Crippen LogP contribution >= 0.6 is 0 Å². The number of nitrogens with zero attached hydrogens (tertiary/aromatic N) is 1. The van der Waals surface area contributed by atoms with Gasteiger partial charge in [0.15, 0.2) is 0 Å². The van der Waals surface area contributed by atoms with Crippen molar-refractivity contribution < 1.29 is 4.79 Å². The van der Waals surface area contributed by atoms with Crippen LogP contribution in [0, 0.1) is 0 Å². The summed E-state index contributed by atoms with van der Waals surface area (Å²) in [6, 6.07) is 13.3. The third-order valence-corrected chi connectivity index (χ3v) is 2.98. The molecule has 1 aliphatic carbocycles. The van der Waals surface area contributed by atoms with Crippen molar-refractivity contribution in [3.8, 4) is 0 Å². The Balaban J connectivity index is 1.55. The molecule has 5 heteroatoms. The highest BCUT2D eigenvalue weighted by Gasteiger charge is 2.20. The number of nitrogens with one attached hydrogen (secondary N) is 3. The number of urea groups is 1. The number of carbonyl (C=O) groups excluding carboxylic acids is 1. The average molecular weight is 268 g/mol. The van der Waals surface area contributed by atoms with Gasteiger partial charge in [-0.2, -0.15) is 0 Å². The molecule has 0 aliphatic heterocycles. The molecule has 1 aromatic heterocycles. The quantitative estimate of drug-likeness (QED) is 0.797. The van der Waals surface area contributed by atoms with Crippen LogP contribution in [0.15, 0.2) is 48.7 Å². The minimum Gasteiger partial charge on any atom is -0.381 e. The molecule has 3 rings (SSSR count). The monoisotopic (exact) mass is 268 g/mol. The first-order chi connectivity index (χ1) is 9.79. The van der Waals surface area contributed by atoms with Crippen LogP contribution in [0.5, 0.6) is 0 Å². The van der Waals surface area contributed by atoms with Gasteiger partial charge in [-0.05, 0) is 37.1 Å². The third-order valence-electron chi connectivity index (χ3n) is 2.98. The summed E-state index contributed by atoms with van der Waals surface area (Å²) in [7, 11) is 0. The van der Waals surface area contributed by atoms with Gasteiger partial charge in [-0.1, -0.05) is 18.2 Å². The summed E-state index contributed by atoms with van der Waals surface area (Å²) in [5, 5.41) is 8.78. The number of hydrogen-bond donors (Lipinski definition) is 3. The highest BCUT2D eigenvalue weighted by atomic mass is 16.2. The minimum atomic E-state index is -0.299. The van der Waals surface area contributed by atoms with E-state index < -0.39 is 0 Å². The van der Waals surface area contributed by atoms with Crippen LogP contribution in [0.1, 0.15) is 12.8 Å². The Morgan fingerprint density at radius 3 is 2.45 bits per heavy atom. The molecule has 1 heterocycles. The fourth-order valence-electron chi connectivity index (χ4n) is 1.82. The average Bonchev–Trinajstić information content (AvgIpc) is 3.26. The summed E-state index contributed by atoms with van der Waals surface area (Å²) in [5.74, 6) is 0.528. The van der Waals surface area contributed by atoms with Gasteiger partial charge in [-0.3, -0.25) is 5.32 Å². The molecule has 1 aromatic carbocycles. The fourth-order valence-corrected chi connectivity index (χ4v) is 1.82. The maximum atomic E-state index is 11.8. The lowest BCUT2D eigenvalue weighted by atomic mass is 10.3. The highest BCUT2D eigenvalue weighted by molar-refractivity contribution is 5.99. The van der Waals surface area contributed by atoms with Crippen molar-refractivity contribution >= 4 is 23.2 Å². The number of para-hydroxylation sites is 1. The minimum absolute atomic E-state index is 0.299. The van der Waals surface area contributed by atoms with Crippen LogP contribution in [0.3, 0.4) is 0 Å². The lowest BCUT2D eigenvalue weighted by Crippen LogP contribution is -2.20. The number of pyridine rings is 1. The molecule has 0 radical (unpaired) electrons. The van der Waals surface area contributed by atoms with Crippen LogP contribution in [-0.4, -0.2) is 17.1 Å². The fraction of sp³-hybridized carbons (Fsp3) is 0.200. The zero-order valence-corrected chi connectivity index (χ0v) is 11.0. The molecule has 0 saturated heterocycles. The summed E-state index contributed by atoms with van der Waals surface area (Å²) in [6.07, 6.45) is 4.18. The number of rotatable bonds is 4. The van der Waals surface area contributed by atoms with E-state index in [9.17, 15) is 4.79 Å². The molecule has 3 N–H and O–H groups in total. The predicted octanol–water partition coefficient (Wildman–Crippen LogP) is 3.30. The van der Waals surface area contributed by atoms with E-state index >= 15 is 0 Å². The van der Waals surface area contributed by atoms with Gasteiger partial charge < -0.3 is 10.6 Å². The molecule has 0 bridgehead atoms. The van der Waals surface area contributed by atoms with E-state index in [0.29, 0.717) is 11.9 Å². The van der Waals surface area contributed by atoms with Gasteiger partial charge in [-0.25, -0.2) is 9.78 Å². The van der Waals surface area contributed by atoms with E-state index in [1.165, 1.54) is 12.8 Å². The molecule has 0 unspecified atom stereocenters. The second-order valence-corrected chi connectivity index (χ2v) is 4.80. The van der Waals surface area contributed by atoms with Crippen molar-refractivity contribution in [1.82, 2.24) is 4.98 Å². The van der Waals surface area contributed by atoms with E-state index in [1.54, 1.807) is 12.3 Å². The number of amides is 2. The van der Waals surface area contributed by atoms with E-state index in [0.717, 1.165) is 11.4 Å². The smallest absolute Gasteiger partial charge is 0.324 e. The third kappa shape index (κ3) is 3.47. The second-order valence-electron chi connectivity index (χ2n) is 4.80. The van der Waals surface area contributed by atoms with Crippen LogP contribution < -0.4 is 16.0 Å². The first-order valence-corrected chi connectivity index (χ1v) is 6.65. The summed E-state index contributed by atoms with van der Waals surface area (Å²) >= 11 is 0. The standard InChI is InChI=1S/C15H16N4O/c20-15(18-11-4-2-1-3-5-11)19-14-9-8-13(10-16-14)17-12-6-7-12/h1-5,8-10,12,17H,6-7H2,(H2,16,18,19,20). The lowest BCUT2D eigenvalue weighted by Gasteiger charge is -2.08. The molecule has 0 spiro atoms. The molecule has 2 aromatic rings. The van der Waals surface area contributed by atoms with Gasteiger partial charge in [0, 0.05) is 11.7 Å².